The van der Waals surface area contributed by atoms with Crippen LogP contribution in [0.3, 0.4) is 0 Å². The maximum absolute atomic E-state index is 10.7. The van der Waals surface area contributed by atoms with Crippen molar-refractivity contribution in [2.45, 2.75) is 0 Å². The fourth-order valence-corrected chi connectivity index (χ4v) is 0.923. The van der Waals surface area contributed by atoms with Crippen LogP contribution in [0.2, 0.25) is 0 Å². The Labute approximate surface area is 57.4 Å². The van der Waals surface area contributed by atoms with Crippen molar-refractivity contribution in [2.75, 3.05) is 0 Å². The van der Waals surface area contributed by atoms with E-state index in [9.17, 15) is 4.79 Å². The minimum absolute atomic E-state index is 0.0829. The van der Waals surface area contributed by atoms with Gasteiger partial charge >= 0.3 is 0 Å². The number of nitrogens with zero attached hydrogens (tertiary/aromatic N) is 1. The summed E-state index contributed by atoms with van der Waals surface area (Å²) in [7, 11) is 0. The molecule has 0 fully saturated rings. The van der Waals surface area contributed by atoms with Crippen LogP contribution < -0.4 is 10.9 Å². The lowest BCUT2D eigenvalue weighted by Crippen LogP contribution is -2.03. The van der Waals surface area contributed by atoms with Gasteiger partial charge in [0.05, 0.1) is 5.69 Å². The van der Waals surface area contributed by atoms with Crippen molar-refractivity contribution in [2.24, 2.45) is 0 Å². The maximum Gasteiger partial charge on any atom is 0.248 e. The van der Waals surface area contributed by atoms with Crippen LogP contribution in [0.15, 0.2) is 23.3 Å². The highest BCUT2D eigenvalue weighted by molar-refractivity contribution is 5.67. The fraction of sp³-hybridized carbons (Fsp3) is 0. The second-order valence-corrected chi connectivity index (χ2v) is 2.08. The molecule has 49 valence electrons. The molecule has 1 aromatic heterocycles. The highest BCUT2D eigenvalue weighted by Gasteiger charge is 2.04. The summed E-state index contributed by atoms with van der Waals surface area (Å²) >= 11 is 0. The van der Waals surface area contributed by atoms with E-state index in [1.807, 2.05) is 6.08 Å². The van der Waals surface area contributed by atoms with Gasteiger partial charge in [0, 0.05) is 24.0 Å². The average molecular weight is 133 g/mol. The van der Waals surface area contributed by atoms with Gasteiger partial charge in [-0.25, -0.2) is 0 Å². The number of pyridine rings is 1. The molecule has 0 amide bonds. The molecule has 0 spiro atoms. The third-order valence-electron chi connectivity index (χ3n) is 1.40. The van der Waals surface area contributed by atoms with Crippen LogP contribution in [0.25, 0.3) is 6.08 Å². The lowest BCUT2D eigenvalue weighted by molar-refractivity contribution is 1.15. The molecule has 1 aliphatic heterocycles. The SMILES string of the molecule is O=c1cc2c(c[nH]1)[N]C=C2. The predicted molar refractivity (Wildman–Crippen MR) is 37.9 cm³/mol. The molecule has 0 aliphatic carbocycles. The van der Waals surface area contributed by atoms with E-state index in [-0.39, 0.29) is 5.56 Å². The van der Waals surface area contributed by atoms with Gasteiger partial charge < -0.3 is 4.98 Å². The molecule has 0 saturated carbocycles. The monoisotopic (exact) mass is 133 g/mol. The maximum atomic E-state index is 10.7. The van der Waals surface area contributed by atoms with E-state index < -0.39 is 0 Å². The van der Waals surface area contributed by atoms with E-state index in [1.165, 1.54) is 6.07 Å². The predicted octanol–water partition coefficient (Wildman–Crippen LogP) is 0.595. The molecule has 3 nitrogen and oxygen atoms in total. The Morgan fingerprint density at radius 3 is 3.30 bits per heavy atom. The molecule has 1 aliphatic rings. The molecular formula is C7H5N2O. The van der Waals surface area contributed by atoms with Gasteiger partial charge in [-0.1, -0.05) is 0 Å². The van der Waals surface area contributed by atoms with E-state index in [4.69, 9.17) is 0 Å². The van der Waals surface area contributed by atoms with Crippen molar-refractivity contribution in [3.05, 3.63) is 34.4 Å². The van der Waals surface area contributed by atoms with Gasteiger partial charge in [-0.3, -0.25) is 10.1 Å². The Morgan fingerprint density at radius 2 is 2.40 bits per heavy atom. The molecule has 2 rings (SSSR count). The number of H-pyrrole nitrogens is 1. The van der Waals surface area contributed by atoms with Gasteiger partial charge in [0.1, 0.15) is 0 Å². The first-order valence-electron chi connectivity index (χ1n) is 2.96. The molecule has 10 heavy (non-hydrogen) atoms. The molecule has 0 atom stereocenters. The second kappa shape index (κ2) is 1.73. The van der Waals surface area contributed by atoms with E-state index in [0.717, 1.165) is 11.3 Å². The second-order valence-electron chi connectivity index (χ2n) is 2.08. The molecule has 1 radical (unpaired) electrons. The van der Waals surface area contributed by atoms with E-state index >= 15 is 0 Å². The third kappa shape index (κ3) is 0.639. The minimum atomic E-state index is -0.0829. The van der Waals surface area contributed by atoms with Gasteiger partial charge in [-0.05, 0) is 6.08 Å². The summed E-state index contributed by atoms with van der Waals surface area (Å²) in [4.78, 5) is 13.2. The number of rotatable bonds is 0. The van der Waals surface area contributed by atoms with Crippen molar-refractivity contribution in [3.8, 4) is 0 Å². The topological polar surface area (TPSA) is 47.0 Å². The number of nitrogens with one attached hydrogen (secondary N) is 1. The number of fused-ring (bicyclic) bond motifs is 1. The molecule has 2 heterocycles. The number of hydrogen-bond acceptors (Lipinski definition) is 1. The Bertz CT molecular complexity index is 338. The summed E-state index contributed by atoms with van der Waals surface area (Å²) < 4.78 is 0. The molecular weight excluding hydrogens is 128 g/mol. The molecule has 0 saturated heterocycles. The number of aromatic nitrogens is 1. The van der Waals surface area contributed by atoms with Crippen molar-refractivity contribution < 1.29 is 0 Å². The van der Waals surface area contributed by atoms with Crippen LogP contribution >= 0.6 is 0 Å². The average Bonchev–Trinajstić information content (AvgIpc) is 2.33. The summed E-state index contributed by atoms with van der Waals surface area (Å²) in [6.45, 7) is 0. The van der Waals surface area contributed by atoms with Crippen LogP contribution in [0.4, 0.5) is 5.69 Å². The normalized spacial score (nSPS) is 12.8. The molecule has 3 heteroatoms. The fourth-order valence-electron chi connectivity index (χ4n) is 0.923. The lowest BCUT2D eigenvalue weighted by Gasteiger charge is -1.92. The summed E-state index contributed by atoms with van der Waals surface area (Å²) in [6, 6.07) is 1.53. The zero-order chi connectivity index (χ0) is 6.97. The van der Waals surface area contributed by atoms with Crippen molar-refractivity contribution in [3.63, 3.8) is 0 Å². The van der Waals surface area contributed by atoms with Gasteiger partial charge in [0.25, 0.3) is 0 Å². The first kappa shape index (κ1) is 5.29. The number of hydrogen-bond donors (Lipinski definition) is 1. The van der Waals surface area contributed by atoms with Gasteiger partial charge in [0.15, 0.2) is 0 Å². The zero-order valence-electron chi connectivity index (χ0n) is 5.16. The van der Waals surface area contributed by atoms with Gasteiger partial charge in [-0.2, -0.15) is 0 Å². The third-order valence-corrected chi connectivity index (χ3v) is 1.40. The molecule has 0 aromatic carbocycles. The van der Waals surface area contributed by atoms with E-state index in [1.54, 1.807) is 12.4 Å². The van der Waals surface area contributed by atoms with Crippen molar-refractivity contribution in [1.29, 1.82) is 0 Å². The van der Waals surface area contributed by atoms with Crippen molar-refractivity contribution >= 4 is 11.8 Å². The molecule has 0 unspecified atom stereocenters. The Balaban J connectivity index is 2.71. The largest absolute Gasteiger partial charge is 0.327 e. The quantitative estimate of drug-likeness (QED) is 0.553. The first-order valence-corrected chi connectivity index (χ1v) is 2.96. The van der Waals surface area contributed by atoms with Gasteiger partial charge in [-0.15, -0.1) is 0 Å². The Morgan fingerprint density at radius 1 is 1.50 bits per heavy atom. The smallest absolute Gasteiger partial charge is 0.248 e. The Hall–Kier alpha value is -1.51. The van der Waals surface area contributed by atoms with Crippen LogP contribution in [0.5, 0.6) is 0 Å². The van der Waals surface area contributed by atoms with Crippen molar-refractivity contribution in [1.82, 2.24) is 10.3 Å². The summed E-state index contributed by atoms with van der Waals surface area (Å²) in [5, 5.41) is 3.99. The highest BCUT2D eigenvalue weighted by Crippen LogP contribution is 2.18. The summed E-state index contributed by atoms with van der Waals surface area (Å²) in [5.74, 6) is 0. The summed E-state index contributed by atoms with van der Waals surface area (Å²) in [6.07, 6.45) is 5.10. The Kier molecular flexibility index (Phi) is 0.917. The van der Waals surface area contributed by atoms with E-state index in [0.29, 0.717) is 0 Å². The van der Waals surface area contributed by atoms with Crippen LogP contribution in [-0.4, -0.2) is 4.98 Å². The molecule has 1 N–H and O–H groups in total. The highest BCUT2D eigenvalue weighted by atomic mass is 16.1. The van der Waals surface area contributed by atoms with Crippen LogP contribution in [-0.2, 0) is 0 Å². The standard InChI is InChI=1S/C7H5N2O/c10-7-3-5-1-2-8-6(5)4-9-7/h1-4H,(H,9,10). The zero-order valence-corrected chi connectivity index (χ0v) is 5.16. The molecule has 0 bridgehead atoms. The van der Waals surface area contributed by atoms with Crippen LogP contribution in [0.1, 0.15) is 5.56 Å². The minimum Gasteiger partial charge on any atom is -0.327 e. The van der Waals surface area contributed by atoms with Crippen LogP contribution in [0, 0.1) is 0 Å². The molecule has 1 aromatic rings. The van der Waals surface area contributed by atoms with E-state index in [2.05, 4.69) is 10.3 Å². The summed E-state index contributed by atoms with van der Waals surface area (Å²) in [5.41, 5.74) is 1.64. The van der Waals surface area contributed by atoms with Gasteiger partial charge in [0.2, 0.25) is 5.56 Å². The number of aromatic amines is 1. The first-order chi connectivity index (χ1) is 4.86. The lowest BCUT2D eigenvalue weighted by atomic mass is 10.2.